The maximum atomic E-state index is 12.0. The Balaban J connectivity index is 1.95. The number of ether oxygens (including phenoxy) is 2. The van der Waals surface area contributed by atoms with Crippen molar-refractivity contribution in [1.29, 1.82) is 0 Å². The van der Waals surface area contributed by atoms with Gasteiger partial charge in [0, 0.05) is 17.8 Å². The number of hydrogen-bond acceptors (Lipinski definition) is 6. The molecule has 2 rings (SSSR count). The summed E-state index contributed by atoms with van der Waals surface area (Å²) in [6.45, 7) is -0.210. The van der Waals surface area contributed by atoms with Crippen LogP contribution in [0.1, 0.15) is 5.56 Å². The molecule has 140 valence electrons. The molecule has 0 atom stereocenters. The van der Waals surface area contributed by atoms with Gasteiger partial charge in [-0.2, -0.15) is 0 Å². The van der Waals surface area contributed by atoms with Gasteiger partial charge in [0.25, 0.3) is 5.69 Å². The van der Waals surface area contributed by atoms with Crippen molar-refractivity contribution in [2.45, 2.75) is 0 Å². The van der Waals surface area contributed by atoms with Crippen molar-refractivity contribution in [2.24, 2.45) is 0 Å². The lowest BCUT2D eigenvalue weighted by Crippen LogP contribution is -2.12. The maximum Gasteiger partial charge on any atom is 0.343 e. The molecule has 0 spiro atoms. The number of carbonyl (C=O) groups is 2. The zero-order chi connectivity index (χ0) is 19.8. The number of nitrogens with zero attached hydrogens (tertiary/aromatic N) is 1. The van der Waals surface area contributed by atoms with Gasteiger partial charge in [0.2, 0.25) is 5.91 Å². The van der Waals surface area contributed by atoms with Crippen molar-refractivity contribution in [2.75, 3.05) is 19.0 Å². The predicted molar refractivity (Wildman–Crippen MR) is 99.7 cm³/mol. The first-order valence-electron chi connectivity index (χ1n) is 7.61. The van der Waals surface area contributed by atoms with Crippen LogP contribution in [0.3, 0.4) is 0 Å². The van der Waals surface area contributed by atoms with Crippen LogP contribution in [0.2, 0.25) is 5.02 Å². The van der Waals surface area contributed by atoms with Crippen LogP contribution in [0.4, 0.5) is 11.4 Å². The third-order valence-corrected chi connectivity index (χ3v) is 3.62. The van der Waals surface area contributed by atoms with E-state index in [2.05, 4.69) is 10.1 Å². The van der Waals surface area contributed by atoms with Crippen LogP contribution in [0, 0.1) is 10.1 Å². The van der Waals surface area contributed by atoms with Gasteiger partial charge in [0.1, 0.15) is 10.8 Å². The number of carbonyl (C=O) groups excluding carboxylic acids is 2. The second-order valence-electron chi connectivity index (χ2n) is 5.18. The van der Waals surface area contributed by atoms with Gasteiger partial charge in [0.15, 0.2) is 6.61 Å². The van der Waals surface area contributed by atoms with Crippen LogP contribution in [0.15, 0.2) is 48.5 Å². The lowest BCUT2D eigenvalue weighted by molar-refractivity contribution is -0.384. The monoisotopic (exact) mass is 390 g/mol. The maximum absolute atomic E-state index is 12.0. The van der Waals surface area contributed by atoms with E-state index in [9.17, 15) is 19.7 Å². The van der Waals surface area contributed by atoms with Gasteiger partial charge in [-0.3, -0.25) is 14.9 Å². The van der Waals surface area contributed by atoms with Crippen molar-refractivity contribution in [3.63, 3.8) is 0 Å². The number of methoxy groups -OCH3 is 1. The van der Waals surface area contributed by atoms with E-state index in [-0.39, 0.29) is 17.3 Å². The molecule has 0 aromatic heterocycles. The van der Waals surface area contributed by atoms with E-state index in [1.165, 1.54) is 31.4 Å². The fraction of sp³-hybridized carbons (Fsp3) is 0.111. The van der Waals surface area contributed by atoms with Crippen LogP contribution in [-0.4, -0.2) is 30.5 Å². The van der Waals surface area contributed by atoms with E-state index in [0.29, 0.717) is 17.0 Å². The molecule has 0 aliphatic rings. The molecule has 0 bridgehead atoms. The van der Waals surface area contributed by atoms with Gasteiger partial charge < -0.3 is 14.8 Å². The minimum absolute atomic E-state index is 0.0242. The van der Waals surface area contributed by atoms with Gasteiger partial charge in [-0.15, -0.1) is 0 Å². The summed E-state index contributed by atoms with van der Waals surface area (Å²) in [7, 11) is 1.26. The zero-order valence-corrected chi connectivity index (χ0v) is 14.9. The molecule has 9 heteroatoms. The first-order chi connectivity index (χ1) is 12.9. The molecule has 0 saturated carbocycles. The summed E-state index contributed by atoms with van der Waals surface area (Å²) in [6, 6.07) is 10.6. The number of anilines is 1. The van der Waals surface area contributed by atoms with E-state index >= 15 is 0 Å². The molecular weight excluding hydrogens is 376 g/mol. The van der Waals surface area contributed by atoms with Crippen molar-refractivity contribution < 1.29 is 24.0 Å². The molecule has 1 N–H and O–H groups in total. The highest BCUT2D eigenvalue weighted by molar-refractivity contribution is 6.32. The first-order valence-corrected chi connectivity index (χ1v) is 7.99. The van der Waals surface area contributed by atoms with E-state index in [1.54, 1.807) is 30.3 Å². The molecule has 2 aromatic rings. The van der Waals surface area contributed by atoms with Crippen molar-refractivity contribution >= 4 is 40.9 Å². The average Bonchev–Trinajstić information content (AvgIpc) is 2.66. The average molecular weight is 391 g/mol. The quantitative estimate of drug-likeness (QED) is 0.336. The Labute approximate surface area is 159 Å². The highest BCUT2D eigenvalue weighted by Crippen LogP contribution is 2.25. The molecule has 0 saturated heterocycles. The third kappa shape index (κ3) is 6.12. The fourth-order valence-corrected chi connectivity index (χ4v) is 2.15. The van der Waals surface area contributed by atoms with Gasteiger partial charge >= 0.3 is 5.97 Å². The number of amides is 1. The van der Waals surface area contributed by atoms with E-state index in [0.717, 1.165) is 0 Å². The second kappa shape index (κ2) is 9.35. The third-order valence-electron chi connectivity index (χ3n) is 3.30. The number of rotatable bonds is 7. The Bertz CT molecular complexity index is 880. The van der Waals surface area contributed by atoms with Crippen LogP contribution in [0.25, 0.3) is 6.08 Å². The van der Waals surface area contributed by atoms with Crippen molar-refractivity contribution in [1.82, 2.24) is 0 Å². The topological polar surface area (TPSA) is 108 Å². The minimum atomic E-state index is -0.594. The summed E-state index contributed by atoms with van der Waals surface area (Å²) in [5, 5.41) is 13.5. The molecular formula is C18H15ClN2O6. The van der Waals surface area contributed by atoms with E-state index in [4.69, 9.17) is 16.3 Å². The van der Waals surface area contributed by atoms with Crippen LogP contribution < -0.4 is 10.1 Å². The highest BCUT2D eigenvalue weighted by atomic mass is 35.5. The SMILES string of the molecule is COC(=O)COc1ccc(NC(=O)C=Cc2ccc(Cl)c([N+](=O)[O-])c2)cc1. The highest BCUT2D eigenvalue weighted by Gasteiger charge is 2.11. The molecule has 2 aromatic carbocycles. The molecule has 0 aliphatic carbocycles. The summed E-state index contributed by atoms with van der Waals surface area (Å²) in [4.78, 5) is 33.2. The Morgan fingerprint density at radius 3 is 2.56 bits per heavy atom. The summed E-state index contributed by atoms with van der Waals surface area (Å²) in [5.74, 6) is -0.474. The molecule has 0 fully saturated rings. The van der Waals surface area contributed by atoms with E-state index < -0.39 is 16.8 Å². The molecule has 27 heavy (non-hydrogen) atoms. The van der Waals surface area contributed by atoms with Crippen LogP contribution in [0.5, 0.6) is 5.75 Å². The minimum Gasteiger partial charge on any atom is -0.482 e. The Morgan fingerprint density at radius 1 is 1.22 bits per heavy atom. The Kier molecular flexibility index (Phi) is 6.90. The van der Waals surface area contributed by atoms with Gasteiger partial charge in [-0.25, -0.2) is 4.79 Å². The lowest BCUT2D eigenvalue weighted by Gasteiger charge is -2.06. The Hall–Kier alpha value is -3.39. The zero-order valence-electron chi connectivity index (χ0n) is 14.2. The summed E-state index contributed by atoms with van der Waals surface area (Å²) < 4.78 is 9.66. The number of nitrogens with one attached hydrogen (secondary N) is 1. The molecule has 0 aliphatic heterocycles. The lowest BCUT2D eigenvalue weighted by atomic mass is 10.2. The standard InChI is InChI=1S/C18H15ClN2O6/c1-26-18(23)11-27-14-6-4-13(5-7-14)20-17(22)9-3-12-2-8-15(19)16(10-12)21(24)25/h2-10H,11H2,1H3,(H,20,22). The molecule has 1 amide bonds. The first kappa shape index (κ1) is 19.9. The summed E-state index contributed by atoms with van der Waals surface area (Å²) in [6.07, 6.45) is 2.68. The number of nitro groups is 1. The molecule has 0 unspecified atom stereocenters. The smallest absolute Gasteiger partial charge is 0.343 e. The van der Waals surface area contributed by atoms with E-state index in [1.807, 2.05) is 0 Å². The van der Waals surface area contributed by atoms with Gasteiger partial charge in [-0.05, 0) is 42.0 Å². The molecule has 0 radical (unpaired) electrons. The number of hydrogen-bond donors (Lipinski definition) is 1. The summed E-state index contributed by atoms with van der Waals surface area (Å²) >= 11 is 5.74. The Morgan fingerprint density at radius 2 is 1.93 bits per heavy atom. The number of benzene rings is 2. The van der Waals surface area contributed by atoms with Gasteiger partial charge in [-0.1, -0.05) is 17.7 Å². The fourth-order valence-electron chi connectivity index (χ4n) is 1.96. The number of esters is 1. The predicted octanol–water partition coefficient (Wildman–Crippen LogP) is 3.45. The second-order valence-corrected chi connectivity index (χ2v) is 5.59. The number of halogens is 1. The van der Waals surface area contributed by atoms with Gasteiger partial charge in [0.05, 0.1) is 12.0 Å². The number of nitro benzene ring substituents is 1. The summed E-state index contributed by atoms with van der Waals surface area (Å²) in [5.41, 5.74) is 0.742. The van der Waals surface area contributed by atoms with Crippen molar-refractivity contribution in [3.8, 4) is 5.75 Å². The van der Waals surface area contributed by atoms with Crippen LogP contribution >= 0.6 is 11.6 Å². The molecule has 0 heterocycles. The van der Waals surface area contributed by atoms with Crippen LogP contribution in [-0.2, 0) is 14.3 Å². The molecule has 8 nitrogen and oxygen atoms in total. The van der Waals surface area contributed by atoms with Crippen molar-refractivity contribution in [3.05, 3.63) is 69.2 Å². The largest absolute Gasteiger partial charge is 0.482 e. The normalized spacial score (nSPS) is 10.4.